The highest BCUT2D eigenvalue weighted by Crippen LogP contribution is 2.52. The van der Waals surface area contributed by atoms with Crippen LogP contribution in [0.15, 0.2) is 24.4 Å². The fraction of sp³-hybridized carbons (Fsp3) is 0.480. The Morgan fingerprint density at radius 1 is 1.07 bits per heavy atom. The van der Waals surface area contributed by atoms with Crippen molar-refractivity contribution in [3.8, 4) is 11.1 Å². The molecule has 5 nitrogen and oxygen atoms in total. The Morgan fingerprint density at radius 2 is 1.70 bits per heavy atom. The van der Waals surface area contributed by atoms with Crippen LogP contribution in [0.1, 0.15) is 44.4 Å². The summed E-state index contributed by atoms with van der Waals surface area (Å²) in [6.07, 6.45) is 6.07. The lowest BCUT2D eigenvalue weighted by Crippen LogP contribution is -2.25. The van der Waals surface area contributed by atoms with Crippen molar-refractivity contribution in [3.63, 3.8) is 0 Å². The number of benzene rings is 1. The Hall–Kier alpha value is -2.69. The largest absolute Gasteiger partial charge is 0.388 e. The van der Waals surface area contributed by atoms with Gasteiger partial charge in [-0.3, -0.25) is 4.98 Å². The summed E-state index contributed by atoms with van der Waals surface area (Å²) in [6.45, 7) is 6.91. The third kappa shape index (κ3) is 3.11. The number of fused-ring (bicyclic) bond motifs is 1. The van der Waals surface area contributed by atoms with E-state index >= 15 is 0 Å². The smallest absolute Gasteiger partial charge is 0.0967 e. The van der Waals surface area contributed by atoms with E-state index in [9.17, 15) is 0 Å². The molecule has 160 valence electrons. The maximum absolute atomic E-state index is 5.06. The van der Waals surface area contributed by atoms with Gasteiger partial charge in [0.05, 0.1) is 11.0 Å². The summed E-state index contributed by atoms with van der Waals surface area (Å²) < 4.78 is 2.29. The molecule has 1 saturated carbocycles. The Bertz CT molecular complexity index is 1070. The molecule has 1 atom stereocenters. The molecular weight excluding hydrogens is 370 g/mol. The van der Waals surface area contributed by atoms with E-state index in [4.69, 9.17) is 4.98 Å². The van der Waals surface area contributed by atoms with Crippen molar-refractivity contribution in [2.45, 2.75) is 45.4 Å². The van der Waals surface area contributed by atoms with Crippen LogP contribution in [0.2, 0.25) is 0 Å². The van der Waals surface area contributed by atoms with Crippen molar-refractivity contribution >= 4 is 28.1 Å². The van der Waals surface area contributed by atoms with E-state index in [0.29, 0.717) is 0 Å². The van der Waals surface area contributed by atoms with E-state index in [1.54, 1.807) is 0 Å². The average molecular weight is 406 g/mol. The summed E-state index contributed by atoms with van der Waals surface area (Å²) in [5.74, 6) is 0.779. The molecule has 5 heteroatoms. The monoisotopic (exact) mass is 405 g/mol. The fourth-order valence-electron chi connectivity index (χ4n) is 5.04. The van der Waals surface area contributed by atoms with Crippen molar-refractivity contribution in [1.82, 2.24) is 9.55 Å². The predicted molar refractivity (Wildman–Crippen MR) is 130 cm³/mol. The molecule has 2 aromatic heterocycles. The van der Waals surface area contributed by atoms with Gasteiger partial charge < -0.3 is 20.5 Å². The first-order valence-corrected chi connectivity index (χ1v) is 11.1. The minimum absolute atomic E-state index is 0.197. The van der Waals surface area contributed by atoms with Crippen LogP contribution in [0.25, 0.3) is 22.2 Å². The second kappa shape index (κ2) is 7.53. The Labute approximate surface area is 180 Å². The van der Waals surface area contributed by atoms with Crippen molar-refractivity contribution in [3.05, 3.63) is 35.7 Å². The summed E-state index contributed by atoms with van der Waals surface area (Å²) in [6, 6.07) is 6.65. The van der Waals surface area contributed by atoms with Crippen LogP contribution in [-0.2, 0) is 12.5 Å². The molecule has 0 spiro atoms. The summed E-state index contributed by atoms with van der Waals surface area (Å²) in [7, 11) is 8.07. The average Bonchev–Trinajstić information content (AvgIpc) is 3.56. The van der Waals surface area contributed by atoms with Gasteiger partial charge in [0, 0.05) is 68.3 Å². The molecule has 1 aromatic carbocycles. The summed E-state index contributed by atoms with van der Waals surface area (Å²) in [5, 5.41) is 10.1. The molecular formula is C25H35N5. The predicted octanol–water partition coefficient (Wildman–Crippen LogP) is 5.75. The van der Waals surface area contributed by atoms with Crippen LogP contribution in [0.5, 0.6) is 0 Å². The van der Waals surface area contributed by atoms with Gasteiger partial charge in [-0.05, 0) is 61.3 Å². The molecule has 0 bridgehead atoms. The molecule has 0 radical (unpaired) electrons. The number of aryl methyl sites for hydroxylation is 2. The molecule has 2 heterocycles. The molecule has 1 aliphatic rings. The third-order valence-electron chi connectivity index (χ3n) is 7.11. The van der Waals surface area contributed by atoms with Crippen LogP contribution >= 0.6 is 0 Å². The second-order valence-corrected chi connectivity index (χ2v) is 8.90. The van der Waals surface area contributed by atoms with Gasteiger partial charge in [0.2, 0.25) is 0 Å². The zero-order valence-corrected chi connectivity index (χ0v) is 19.4. The minimum Gasteiger partial charge on any atom is -0.388 e. The molecule has 3 N–H and O–H groups in total. The van der Waals surface area contributed by atoms with E-state index in [1.807, 2.05) is 21.1 Å². The van der Waals surface area contributed by atoms with Crippen LogP contribution in [-0.4, -0.2) is 30.7 Å². The normalized spacial score (nSPS) is 15.8. The van der Waals surface area contributed by atoms with Crippen molar-refractivity contribution < 1.29 is 0 Å². The zero-order chi connectivity index (χ0) is 21.6. The quantitative estimate of drug-likeness (QED) is 0.468. The number of hydrogen-bond acceptors (Lipinski definition) is 4. The number of pyridine rings is 1. The standard InChI is InChI=1S/C25H35N5/c1-8-25(3,16-9-10-16)19-11-15(2)29-23-18(14-30(7)24(19)23)22-20(27-5)12-17(26-4)13-21(22)28-6/h11-14,16,26-28H,8-10H2,1-7H3. The van der Waals surface area contributed by atoms with Crippen molar-refractivity contribution in [1.29, 1.82) is 0 Å². The highest BCUT2D eigenvalue weighted by molar-refractivity contribution is 6.03. The third-order valence-corrected chi connectivity index (χ3v) is 7.11. The molecule has 1 fully saturated rings. The van der Waals surface area contributed by atoms with Crippen LogP contribution in [0.3, 0.4) is 0 Å². The number of hydrogen-bond donors (Lipinski definition) is 3. The van der Waals surface area contributed by atoms with Crippen LogP contribution in [0.4, 0.5) is 17.1 Å². The number of aromatic nitrogens is 2. The lowest BCUT2D eigenvalue weighted by Gasteiger charge is -2.30. The first-order valence-electron chi connectivity index (χ1n) is 11.1. The first kappa shape index (κ1) is 20.6. The van der Waals surface area contributed by atoms with Crippen molar-refractivity contribution in [2.24, 2.45) is 13.0 Å². The lowest BCUT2D eigenvalue weighted by atomic mass is 9.75. The van der Waals surface area contributed by atoms with E-state index in [-0.39, 0.29) is 5.41 Å². The molecule has 3 aromatic rings. The minimum atomic E-state index is 0.197. The molecule has 0 saturated heterocycles. The van der Waals surface area contributed by atoms with E-state index in [2.05, 4.69) is 72.7 Å². The molecule has 4 rings (SSSR count). The van der Waals surface area contributed by atoms with Gasteiger partial charge in [-0.2, -0.15) is 0 Å². The molecule has 1 aliphatic carbocycles. The molecule has 30 heavy (non-hydrogen) atoms. The van der Waals surface area contributed by atoms with E-state index < -0.39 is 0 Å². The lowest BCUT2D eigenvalue weighted by molar-refractivity contribution is 0.396. The second-order valence-electron chi connectivity index (χ2n) is 8.90. The van der Waals surface area contributed by atoms with E-state index in [1.165, 1.54) is 35.0 Å². The van der Waals surface area contributed by atoms with Crippen molar-refractivity contribution in [2.75, 3.05) is 37.1 Å². The highest BCUT2D eigenvalue weighted by atomic mass is 15.0. The summed E-state index contributed by atoms with van der Waals surface area (Å²) >= 11 is 0. The Morgan fingerprint density at radius 3 is 2.20 bits per heavy atom. The first-order chi connectivity index (χ1) is 14.4. The van der Waals surface area contributed by atoms with Gasteiger partial charge >= 0.3 is 0 Å². The van der Waals surface area contributed by atoms with E-state index in [0.717, 1.165) is 40.6 Å². The summed E-state index contributed by atoms with van der Waals surface area (Å²) in [5.41, 5.74) is 10.7. The number of nitrogens with zero attached hydrogens (tertiary/aromatic N) is 2. The van der Waals surface area contributed by atoms with Crippen LogP contribution < -0.4 is 16.0 Å². The Balaban J connectivity index is 2.04. The highest BCUT2D eigenvalue weighted by Gasteiger charge is 2.43. The SMILES string of the molecule is CCC(C)(c1cc(C)nc2c(-c3c(NC)cc(NC)cc3NC)cn(C)c12)C1CC1. The van der Waals surface area contributed by atoms with Gasteiger partial charge in [-0.15, -0.1) is 0 Å². The maximum Gasteiger partial charge on any atom is 0.0967 e. The van der Waals surface area contributed by atoms with Gasteiger partial charge in [0.15, 0.2) is 0 Å². The maximum atomic E-state index is 5.06. The number of rotatable bonds is 7. The van der Waals surface area contributed by atoms with Gasteiger partial charge in [-0.1, -0.05) is 13.8 Å². The van der Waals surface area contributed by atoms with Gasteiger partial charge in [0.25, 0.3) is 0 Å². The molecule has 1 unspecified atom stereocenters. The summed E-state index contributed by atoms with van der Waals surface area (Å²) in [4.78, 5) is 5.06. The van der Waals surface area contributed by atoms with Gasteiger partial charge in [0.1, 0.15) is 0 Å². The molecule has 0 aliphatic heterocycles. The van der Waals surface area contributed by atoms with Gasteiger partial charge in [-0.25, -0.2) is 0 Å². The molecule has 0 amide bonds. The zero-order valence-electron chi connectivity index (χ0n) is 19.4. The topological polar surface area (TPSA) is 53.9 Å². The fourth-order valence-corrected chi connectivity index (χ4v) is 5.04. The number of nitrogens with one attached hydrogen (secondary N) is 3. The number of anilines is 3. The Kier molecular flexibility index (Phi) is 5.16. The van der Waals surface area contributed by atoms with Crippen LogP contribution in [0, 0.1) is 12.8 Å².